The van der Waals surface area contributed by atoms with Crippen molar-refractivity contribution in [2.75, 3.05) is 10.6 Å². The van der Waals surface area contributed by atoms with E-state index in [2.05, 4.69) is 10.6 Å². The van der Waals surface area contributed by atoms with Gasteiger partial charge in [0.15, 0.2) is 5.75 Å². The molecule has 0 fully saturated rings. The van der Waals surface area contributed by atoms with Crippen LogP contribution < -0.4 is 15.4 Å². The van der Waals surface area contributed by atoms with E-state index in [0.717, 1.165) is 6.07 Å². The molecule has 2 aromatic rings. The highest BCUT2D eigenvalue weighted by Gasteiger charge is 2.29. The molecule has 2 N–H and O–H groups in total. The van der Waals surface area contributed by atoms with Crippen LogP contribution in [-0.4, -0.2) is 17.9 Å². The summed E-state index contributed by atoms with van der Waals surface area (Å²) in [5.41, 5.74) is 1.00. The molecule has 0 saturated heterocycles. The zero-order valence-corrected chi connectivity index (χ0v) is 12.6. The molecule has 1 aliphatic rings. The third-order valence-electron chi connectivity index (χ3n) is 3.30. The Labute approximate surface area is 136 Å². The van der Waals surface area contributed by atoms with Gasteiger partial charge in [-0.1, -0.05) is 23.7 Å². The number of hydrogen-bond donors (Lipinski definition) is 2. The number of benzene rings is 2. The number of carbonyl (C=O) groups excluding carboxylic acids is 2. The number of amides is 1. The van der Waals surface area contributed by atoms with Gasteiger partial charge in [-0.3, -0.25) is 4.79 Å². The molecule has 118 valence electrons. The fourth-order valence-electron chi connectivity index (χ4n) is 2.21. The van der Waals surface area contributed by atoms with E-state index in [1.165, 1.54) is 12.1 Å². The summed E-state index contributed by atoms with van der Waals surface area (Å²) in [6.45, 7) is 0. The number of halogens is 2. The first kappa shape index (κ1) is 15.3. The Kier molecular flexibility index (Phi) is 4.16. The fourth-order valence-corrected chi connectivity index (χ4v) is 2.39. The van der Waals surface area contributed by atoms with E-state index < -0.39 is 23.7 Å². The van der Waals surface area contributed by atoms with E-state index in [1.807, 2.05) is 0 Å². The molecule has 3 rings (SSSR count). The minimum Gasteiger partial charge on any atom is -0.423 e. The van der Waals surface area contributed by atoms with Crippen molar-refractivity contribution < 1.29 is 18.7 Å². The van der Waals surface area contributed by atoms with Gasteiger partial charge in [-0.25, -0.2) is 9.18 Å². The van der Waals surface area contributed by atoms with Crippen LogP contribution in [0.15, 0.2) is 42.5 Å². The molecule has 7 heteroatoms. The smallest absolute Gasteiger partial charge is 0.334 e. The normalized spacial score (nSPS) is 16.1. The van der Waals surface area contributed by atoms with Gasteiger partial charge >= 0.3 is 5.97 Å². The second-order valence-corrected chi connectivity index (χ2v) is 5.40. The molecule has 0 bridgehead atoms. The summed E-state index contributed by atoms with van der Waals surface area (Å²) in [6, 6.07) is 10.0. The number of anilines is 2. The van der Waals surface area contributed by atoms with Crippen molar-refractivity contribution in [3.63, 3.8) is 0 Å². The second kappa shape index (κ2) is 6.26. The van der Waals surface area contributed by atoms with Crippen LogP contribution in [0, 0.1) is 5.82 Å². The predicted molar refractivity (Wildman–Crippen MR) is 84.1 cm³/mol. The molecule has 1 heterocycles. The summed E-state index contributed by atoms with van der Waals surface area (Å²) in [4.78, 5) is 23.9. The minimum absolute atomic E-state index is 0.0908. The molecule has 1 amide bonds. The Morgan fingerprint density at radius 2 is 2.09 bits per heavy atom. The van der Waals surface area contributed by atoms with Gasteiger partial charge in [-0.15, -0.1) is 0 Å². The molecule has 2 aromatic carbocycles. The summed E-state index contributed by atoms with van der Waals surface area (Å²) < 4.78 is 18.3. The summed E-state index contributed by atoms with van der Waals surface area (Å²) in [5.74, 6) is -1.09. The molecule has 0 spiro atoms. The third-order valence-corrected chi connectivity index (χ3v) is 3.59. The summed E-state index contributed by atoms with van der Waals surface area (Å²) >= 11 is 5.66. The number of fused-ring (bicyclic) bond motifs is 1. The summed E-state index contributed by atoms with van der Waals surface area (Å²) in [6.07, 6.45) is -0.123. The number of nitrogens with one attached hydrogen (secondary N) is 2. The number of ether oxygens (including phenoxy) is 1. The van der Waals surface area contributed by atoms with Crippen molar-refractivity contribution in [2.45, 2.75) is 12.5 Å². The van der Waals surface area contributed by atoms with Crippen molar-refractivity contribution in [3.8, 4) is 5.75 Å². The van der Waals surface area contributed by atoms with Crippen LogP contribution in [0.1, 0.15) is 6.42 Å². The Balaban J connectivity index is 1.66. The van der Waals surface area contributed by atoms with Crippen LogP contribution in [0.5, 0.6) is 5.75 Å². The number of para-hydroxylation sites is 2. The SMILES string of the molecule is O=C(C[C@@H]1Nc2ccccc2OC1=O)Nc1ccc(F)c(Cl)c1. The topological polar surface area (TPSA) is 67.4 Å². The van der Waals surface area contributed by atoms with Crippen molar-refractivity contribution in [1.82, 2.24) is 0 Å². The Morgan fingerprint density at radius 1 is 1.30 bits per heavy atom. The maximum atomic E-state index is 13.1. The molecule has 5 nitrogen and oxygen atoms in total. The Hall–Kier alpha value is -2.60. The molecule has 23 heavy (non-hydrogen) atoms. The van der Waals surface area contributed by atoms with Crippen LogP contribution in [0.4, 0.5) is 15.8 Å². The lowest BCUT2D eigenvalue weighted by atomic mass is 10.1. The highest BCUT2D eigenvalue weighted by atomic mass is 35.5. The van der Waals surface area contributed by atoms with Gasteiger partial charge in [0.25, 0.3) is 0 Å². The summed E-state index contributed by atoms with van der Waals surface area (Å²) in [5, 5.41) is 5.44. The number of hydrogen-bond acceptors (Lipinski definition) is 4. The maximum absolute atomic E-state index is 13.1. The van der Waals surface area contributed by atoms with E-state index in [1.54, 1.807) is 24.3 Å². The van der Waals surface area contributed by atoms with E-state index >= 15 is 0 Å². The highest BCUT2D eigenvalue weighted by Crippen LogP contribution is 2.29. The number of esters is 1. The first-order valence-corrected chi connectivity index (χ1v) is 7.23. The fraction of sp³-hybridized carbons (Fsp3) is 0.125. The van der Waals surface area contributed by atoms with Crippen molar-refractivity contribution in [3.05, 3.63) is 53.3 Å². The van der Waals surface area contributed by atoms with Crippen molar-refractivity contribution in [1.29, 1.82) is 0 Å². The molecule has 0 saturated carbocycles. The minimum atomic E-state index is -0.791. The molecule has 0 aromatic heterocycles. The van der Waals surface area contributed by atoms with Crippen molar-refractivity contribution >= 4 is 34.9 Å². The van der Waals surface area contributed by atoms with Gasteiger partial charge in [-0.2, -0.15) is 0 Å². The molecular weight excluding hydrogens is 323 g/mol. The van der Waals surface area contributed by atoms with Crippen LogP contribution in [0.25, 0.3) is 0 Å². The first-order valence-electron chi connectivity index (χ1n) is 6.85. The molecule has 1 aliphatic heterocycles. The zero-order valence-electron chi connectivity index (χ0n) is 11.8. The van der Waals surface area contributed by atoms with Crippen LogP contribution in [0.3, 0.4) is 0 Å². The maximum Gasteiger partial charge on any atom is 0.334 e. The zero-order chi connectivity index (χ0) is 16.4. The molecule has 0 radical (unpaired) electrons. The first-order chi connectivity index (χ1) is 11.0. The molecule has 0 unspecified atom stereocenters. The van der Waals surface area contributed by atoms with Gasteiger partial charge in [0.1, 0.15) is 11.9 Å². The lowest BCUT2D eigenvalue weighted by Gasteiger charge is -2.25. The van der Waals surface area contributed by atoms with Gasteiger partial charge < -0.3 is 15.4 Å². The Morgan fingerprint density at radius 3 is 2.87 bits per heavy atom. The molecule has 1 atom stereocenters. The lowest BCUT2D eigenvalue weighted by molar-refractivity contribution is -0.137. The largest absolute Gasteiger partial charge is 0.423 e. The lowest BCUT2D eigenvalue weighted by Crippen LogP contribution is -2.39. The third kappa shape index (κ3) is 3.43. The second-order valence-electron chi connectivity index (χ2n) is 5.00. The average Bonchev–Trinajstić information content (AvgIpc) is 2.51. The van der Waals surface area contributed by atoms with E-state index in [9.17, 15) is 14.0 Å². The Bertz CT molecular complexity index is 782. The standard InChI is InChI=1S/C16H12ClFN2O3/c17-10-7-9(5-6-11(10)18)19-15(21)8-13-16(22)23-14-4-2-1-3-12(14)20-13/h1-7,13,20H,8H2,(H,19,21)/t13-/m0/s1. The van der Waals surface area contributed by atoms with E-state index in [4.69, 9.17) is 16.3 Å². The van der Waals surface area contributed by atoms with Crippen LogP contribution in [-0.2, 0) is 9.59 Å². The van der Waals surface area contributed by atoms with Gasteiger partial charge in [0.05, 0.1) is 17.1 Å². The molecular formula is C16H12ClFN2O3. The number of carbonyl (C=O) groups is 2. The quantitative estimate of drug-likeness (QED) is 0.668. The highest BCUT2D eigenvalue weighted by molar-refractivity contribution is 6.31. The van der Waals surface area contributed by atoms with Crippen molar-refractivity contribution in [2.24, 2.45) is 0 Å². The van der Waals surface area contributed by atoms with Gasteiger partial charge in [0.2, 0.25) is 5.91 Å². The van der Waals surface area contributed by atoms with E-state index in [0.29, 0.717) is 17.1 Å². The van der Waals surface area contributed by atoms with E-state index in [-0.39, 0.29) is 11.4 Å². The monoisotopic (exact) mass is 334 g/mol. The van der Waals surface area contributed by atoms with Crippen LogP contribution >= 0.6 is 11.6 Å². The van der Waals surface area contributed by atoms with Crippen LogP contribution in [0.2, 0.25) is 5.02 Å². The predicted octanol–water partition coefficient (Wildman–Crippen LogP) is 3.21. The van der Waals surface area contributed by atoms with Gasteiger partial charge in [-0.05, 0) is 30.3 Å². The number of rotatable bonds is 3. The van der Waals surface area contributed by atoms with Gasteiger partial charge in [0, 0.05) is 5.69 Å². The molecule has 0 aliphatic carbocycles. The average molecular weight is 335 g/mol. The summed E-state index contributed by atoms with van der Waals surface area (Å²) in [7, 11) is 0.